The first-order valence-electron chi connectivity index (χ1n) is 6.63. The molecule has 4 heteroatoms. The molecule has 102 valence electrons. The monoisotopic (exact) mass is 268 g/mol. The molecule has 0 amide bonds. The highest BCUT2D eigenvalue weighted by Crippen LogP contribution is 2.36. The van der Waals surface area contributed by atoms with E-state index in [0.717, 1.165) is 19.6 Å². The zero-order valence-corrected chi connectivity index (χ0v) is 12.4. The van der Waals surface area contributed by atoms with Crippen molar-refractivity contribution in [2.75, 3.05) is 26.8 Å². The molecule has 1 aromatic rings. The van der Waals surface area contributed by atoms with Crippen molar-refractivity contribution in [3.05, 3.63) is 22.4 Å². The summed E-state index contributed by atoms with van der Waals surface area (Å²) >= 11 is 1.81. The maximum Gasteiger partial charge on any atom is 0.0513 e. The van der Waals surface area contributed by atoms with Gasteiger partial charge >= 0.3 is 0 Å². The Morgan fingerprint density at radius 2 is 2.44 bits per heavy atom. The van der Waals surface area contributed by atoms with E-state index in [-0.39, 0.29) is 5.54 Å². The summed E-state index contributed by atoms with van der Waals surface area (Å²) in [6.45, 7) is 6.93. The molecular formula is C14H24N2OS. The second kappa shape index (κ2) is 5.70. The molecule has 1 aliphatic rings. The van der Waals surface area contributed by atoms with Crippen LogP contribution < -0.4 is 5.73 Å². The van der Waals surface area contributed by atoms with E-state index in [9.17, 15) is 0 Å². The molecule has 0 spiro atoms. The summed E-state index contributed by atoms with van der Waals surface area (Å²) in [5.74, 6) is 0.537. The van der Waals surface area contributed by atoms with Crippen LogP contribution in [0.5, 0.6) is 0 Å². The first kappa shape index (κ1) is 14.0. The molecule has 18 heavy (non-hydrogen) atoms. The fraction of sp³-hybridized carbons (Fsp3) is 0.714. The smallest absolute Gasteiger partial charge is 0.0513 e. The van der Waals surface area contributed by atoms with Gasteiger partial charge in [0, 0.05) is 35.5 Å². The first-order chi connectivity index (χ1) is 8.59. The zero-order chi connectivity index (χ0) is 13.2. The minimum Gasteiger partial charge on any atom is -0.381 e. The van der Waals surface area contributed by atoms with Gasteiger partial charge in [-0.15, -0.1) is 11.3 Å². The molecule has 0 aromatic carbocycles. The molecule has 1 aliphatic heterocycles. The Kier molecular flexibility index (Phi) is 4.43. The average molecular weight is 268 g/mol. The topological polar surface area (TPSA) is 38.5 Å². The third-order valence-electron chi connectivity index (χ3n) is 4.56. The number of nitrogens with zero attached hydrogens (tertiary/aromatic N) is 1. The van der Waals surface area contributed by atoms with Crippen LogP contribution in [0.1, 0.15) is 31.2 Å². The molecule has 1 aromatic heterocycles. The number of likely N-dealkylation sites (N-methyl/N-ethyl adjacent to an activating group) is 1. The van der Waals surface area contributed by atoms with Crippen molar-refractivity contribution in [1.29, 1.82) is 0 Å². The minimum atomic E-state index is 0.0138. The maximum atomic E-state index is 6.09. The molecule has 0 aliphatic carbocycles. The lowest BCUT2D eigenvalue weighted by molar-refractivity contribution is 0.0392. The SMILES string of the molecule is CC(c1cccs1)N(C)C(C)(CN)C1CCOC1. The van der Waals surface area contributed by atoms with E-state index in [1.807, 2.05) is 11.3 Å². The number of ether oxygens (including phenoxy) is 1. The van der Waals surface area contributed by atoms with Crippen molar-refractivity contribution < 1.29 is 4.74 Å². The van der Waals surface area contributed by atoms with Gasteiger partial charge in [0.05, 0.1) is 6.61 Å². The van der Waals surface area contributed by atoms with E-state index in [1.165, 1.54) is 4.88 Å². The fourth-order valence-electron chi connectivity index (χ4n) is 2.79. The maximum absolute atomic E-state index is 6.09. The van der Waals surface area contributed by atoms with E-state index in [1.54, 1.807) is 0 Å². The lowest BCUT2D eigenvalue weighted by Gasteiger charge is -2.45. The van der Waals surface area contributed by atoms with Crippen LogP contribution in [0.2, 0.25) is 0 Å². The number of hydrogen-bond acceptors (Lipinski definition) is 4. The number of hydrogen-bond donors (Lipinski definition) is 1. The van der Waals surface area contributed by atoms with Crippen LogP contribution >= 0.6 is 11.3 Å². The molecular weight excluding hydrogens is 244 g/mol. The van der Waals surface area contributed by atoms with E-state index >= 15 is 0 Å². The minimum absolute atomic E-state index is 0.0138. The number of thiophene rings is 1. The summed E-state index contributed by atoms with van der Waals surface area (Å²) in [4.78, 5) is 3.83. The third kappa shape index (κ3) is 2.48. The second-order valence-electron chi connectivity index (χ2n) is 5.42. The van der Waals surface area contributed by atoms with Crippen molar-refractivity contribution in [1.82, 2.24) is 4.90 Å². The Balaban J connectivity index is 2.15. The van der Waals surface area contributed by atoms with Crippen molar-refractivity contribution in [2.45, 2.75) is 31.8 Å². The predicted molar refractivity (Wildman–Crippen MR) is 76.9 cm³/mol. The average Bonchev–Trinajstić information content (AvgIpc) is 3.07. The Bertz CT molecular complexity index is 362. The fourth-order valence-corrected chi connectivity index (χ4v) is 3.61. The molecule has 1 fully saturated rings. The summed E-state index contributed by atoms with van der Waals surface area (Å²) in [5.41, 5.74) is 6.10. The van der Waals surface area contributed by atoms with Crippen LogP contribution in [0.3, 0.4) is 0 Å². The van der Waals surface area contributed by atoms with Crippen LogP contribution in [0.15, 0.2) is 17.5 Å². The van der Waals surface area contributed by atoms with Crippen molar-refractivity contribution in [2.24, 2.45) is 11.7 Å². The van der Waals surface area contributed by atoms with Crippen LogP contribution in [0, 0.1) is 5.92 Å². The Hall–Kier alpha value is -0.420. The quantitative estimate of drug-likeness (QED) is 0.891. The highest BCUT2D eigenvalue weighted by molar-refractivity contribution is 7.10. The summed E-state index contributed by atoms with van der Waals surface area (Å²) in [6, 6.07) is 4.72. The van der Waals surface area contributed by atoms with E-state index < -0.39 is 0 Å². The molecule has 2 N–H and O–H groups in total. The van der Waals surface area contributed by atoms with E-state index in [4.69, 9.17) is 10.5 Å². The molecule has 3 unspecified atom stereocenters. The standard InChI is InChI=1S/C14H24N2OS/c1-11(13-5-4-8-18-13)16(3)14(2,10-15)12-6-7-17-9-12/h4-5,8,11-12H,6-7,9-10,15H2,1-3H3. The Morgan fingerprint density at radius 3 is 2.94 bits per heavy atom. The molecule has 3 atom stereocenters. The van der Waals surface area contributed by atoms with E-state index in [2.05, 4.69) is 43.3 Å². The van der Waals surface area contributed by atoms with Crippen LogP contribution in [0.25, 0.3) is 0 Å². The molecule has 2 rings (SSSR count). The molecule has 0 saturated carbocycles. The first-order valence-corrected chi connectivity index (χ1v) is 7.51. The van der Waals surface area contributed by atoms with E-state index in [0.29, 0.717) is 18.5 Å². The summed E-state index contributed by atoms with van der Waals surface area (Å²) < 4.78 is 5.55. The number of nitrogens with two attached hydrogens (primary N) is 1. The molecule has 0 bridgehead atoms. The summed E-state index contributed by atoms with van der Waals surface area (Å²) in [5, 5.41) is 2.14. The normalized spacial score (nSPS) is 25.3. The van der Waals surface area contributed by atoms with Crippen molar-refractivity contribution in [3.8, 4) is 0 Å². The Morgan fingerprint density at radius 1 is 1.67 bits per heavy atom. The summed E-state index contributed by atoms with van der Waals surface area (Å²) in [7, 11) is 2.19. The highest BCUT2D eigenvalue weighted by atomic mass is 32.1. The van der Waals surface area contributed by atoms with Gasteiger partial charge in [-0.3, -0.25) is 4.90 Å². The van der Waals surface area contributed by atoms with Crippen LogP contribution in [-0.2, 0) is 4.74 Å². The molecule has 2 heterocycles. The molecule has 1 saturated heterocycles. The summed E-state index contributed by atoms with van der Waals surface area (Å²) in [6.07, 6.45) is 1.12. The van der Waals surface area contributed by atoms with Gasteiger partial charge in [0.1, 0.15) is 0 Å². The van der Waals surface area contributed by atoms with Gasteiger partial charge in [-0.2, -0.15) is 0 Å². The van der Waals surface area contributed by atoms with Gasteiger partial charge in [0.15, 0.2) is 0 Å². The predicted octanol–water partition coefficient (Wildman–Crippen LogP) is 2.49. The number of rotatable bonds is 5. The Labute approximate surface area is 114 Å². The van der Waals surface area contributed by atoms with Crippen molar-refractivity contribution >= 4 is 11.3 Å². The molecule has 3 nitrogen and oxygen atoms in total. The lowest BCUT2D eigenvalue weighted by atomic mass is 9.82. The second-order valence-corrected chi connectivity index (χ2v) is 6.40. The molecule has 0 radical (unpaired) electrons. The van der Waals surface area contributed by atoms with Crippen LogP contribution in [-0.4, -0.2) is 37.2 Å². The van der Waals surface area contributed by atoms with Gasteiger partial charge in [-0.1, -0.05) is 6.07 Å². The van der Waals surface area contributed by atoms with Gasteiger partial charge < -0.3 is 10.5 Å². The van der Waals surface area contributed by atoms with Crippen molar-refractivity contribution in [3.63, 3.8) is 0 Å². The van der Waals surface area contributed by atoms with Gasteiger partial charge in [-0.05, 0) is 38.8 Å². The van der Waals surface area contributed by atoms with Gasteiger partial charge in [-0.25, -0.2) is 0 Å². The van der Waals surface area contributed by atoms with Gasteiger partial charge in [0.25, 0.3) is 0 Å². The zero-order valence-electron chi connectivity index (χ0n) is 11.6. The van der Waals surface area contributed by atoms with Gasteiger partial charge in [0.2, 0.25) is 0 Å². The highest BCUT2D eigenvalue weighted by Gasteiger charge is 2.40. The lowest BCUT2D eigenvalue weighted by Crippen LogP contribution is -2.55. The van der Waals surface area contributed by atoms with Crippen LogP contribution in [0.4, 0.5) is 0 Å². The third-order valence-corrected chi connectivity index (χ3v) is 5.61. The largest absolute Gasteiger partial charge is 0.381 e.